The van der Waals surface area contributed by atoms with E-state index in [1.165, 1.54) is 12.1 Å². The van der Waals surface area contributed by atoms with E-state index >= 15 is 0 Å². The molecule has 0 saturated heterocycles. The first-order valence-corrected chi connectivity index (χ1v) is 7.28. The van der Waals surface area contributed by atoms with Crippen molar-refractivity contribution >= 4 is 17.5 Å². The van der Waals surface area contributed by atoms with Crippen molar-refractivity contribution in [1.82, 2.24) is 5.32 Å². The van der Waals surface area contributed by atoms with Crippen LogP contribution in [-0.4, -0.2) is 12.0 Å². The Morgan fingerprint density at radius 2 is 1.95 bits per heavy atom. The molecule has 1 atom stereocenters. The SMILES string of the molecule is Cc1ccc(Cl)c(OC(C)C(=O)NCc2ccc(F)cc2)c1. The van der Waals surface area contributed by atoms with Crippen LogP contribution in [0.4, 0.5) is 4.39 Å². The van der Waals surface area contributed by atoms with Crippen LogP contribution in [-0.2, 0) is 11.3 Å². The van der Waals surface area contributed by atoms with Gasteiger partial charge in [-0.15, -0.1) is 0 Å². The first-order valence-electron chi connectivity index (χ1n) is 6.90. The van der Waals surface area contributed by atoms with Crippen molar-refractivity contribution in [3.63, 3.8) is 0 Å². The number of nitrogens with one attached hydrogen (secondary N) is 1. The third-order valence-corrected chi connectivity index (χ3v) is 3.45. The predicted octanol–water partition coefficient (Wildman–Crippen LogP) is 3.87. The highest BCUT2D eigenvalue weighted by molar-refractivity contribution is 6.32. The summed E-state index contributed by atoms with van der Waals surface area (Å²) < 4.78 is 18.4. The molecule has 1 N–H and O–H groups in total. The molecular formula is C17H17ClFNO2. The van der Waals surface area contributed by atoms with Crippen LogP contribution in [0.15, 0.2) is 42.5 Å². The number of aryl methyl sites for hydroxylation is 1. The molecule has 1 amide bonds. The largest absolute Gasteiger partial charge is 0.479 e. The van der Waals surface area contributed by atoms with E-state index < -0.39 is 6.10 Å². The minimum Gasteiger partial charge on any atom is -0.479 e. The molecular weight excluding hydrogens is 305 g/mol. The van der Waals surface area contributed by atoms with Gasteiger partial charge in [-0.3, -0.25) is 4.79 Å². The molecule has 0 heterocycles. The number of carbonyl (C=O) groups is 1. The van der Waals surface area contributed by atoms with Crippen LogP contribution in [0.25, 0.3) is 0 Å². The summed E-state index contributed by atoms with van der Waals surface area (Å²) in [4.78, 5) is 12.0. The van der Waals surface area contributed by atoms with Crippen molar-refractivity contribution in [1.29, 1.82) is 0 Å². The van der Waals surface area contributed by atoms with E-state index in [2.05, 4.69) is 5.32 Å². The van der Waals surface area contributed by atoms with Gasteiger partial charge in [0.2, 0.25) is 0 Å². The van der Waals surface area contributed by atoms with Crippen molar-refractivity contribution in [3.05, 3.63) is 64.4 Å². The minimum absolute atomic E-state index is 0.262. The summed E-state index contributed by atoms with van der Waals surface area (Å²) in [7, 11) is 0. The van der Waals surface area contributed by atoms with Crippen molar-refractivity contribution in [2.24, 2.45) is 0 Å². The molecule has 0 radical (unpaired) electrons. The van der Waals surface area contributed by atoms with Gasteiger partial charge in [-0.2, -0.15) is 0 Å². The number of hydrogen-bond donors (Lipinski definition) is 1. The highest BCUT2D eigenvalue weighted by Crippen LogP contribution is 2.26. The molecule has 2 aromatic rings. The van der Waals surface area contributed by atoms with Gasteiger partial charge in [0.25, 0.3) is 5.91 Å². The Labute approximate surface area is 134 Å². The molecule has 1 unspecified atom stereocenters. The predicted molar refractivity (Wildman–Crippen MR) is 84.5 cm³/mol. The van der Waals surface area contributed by atoms with Gasteiger partial charge in [0.1, 0.15) is 11.6 Å². The van der Waals surface area contributed by atoms with Crippen molar-refractivity contribution in [3.8, 4) is 5.75 Å². The summed E-state index contributed by atoms with van der Waals surface area (Å²) in [5, 5.41) is 3.20. The quantitative estimate of drug-likeness (QED) is 0.907. The van der Waals surface area contributed by atoms with Crippen molar-refractivity contribution in [2.75, 3.05) is 0 Å². The molecule has 0 aliphatic heterocycles. The lowest BCUT2D eigenvalue weighted by Crippen LogP contribution is -2.35. The maximum absolute atomic E-state index is 12.8. The number of halogens is 2. The molecule has 0 bridgehead atoms. The third-order valence-electron chi connectivity index (χ3n) is 3.14. The monoisotopic (exact) mass is 321 g/mol. The van der Waals surface area contributed by atoms with Crippen LogP contribution in [0, 0.1) is 12.7 Å². The summed E-state index contributed by atoms with van der Waals surface area (Å²) in [5.74, 6) is -0.0890. The van der Waals surface area contributed by atoms with Crippen molar-refractivity contribution in [2.45, 2.75) is 26.5 Å². The second-order valence-electron chi connectivity index (χ2n) is 5.04. The fourth-order valence-corrected chi connectivity index (χ4v) is 2.04. The second-order valence-corrected chi connectivity index (χ2v) is 5.45. The lowest BCUT2D eigenvalue weighted by atomic mass is 10.2. The van der Waals surface area contributed by atoms with Crippen LogP contribution >= 0.6 is 11.6 Å². The van der Waals surface area contributed by atoms with Gasteiger partial charge in [0.05, 0.1) is 5.02 Å². The lowest BCUT2D eigenvalue weighted by Gasteiger charge is -2.16. The Morgan fingerprint density at radius 1 is 1.27 bits per heavy atom. The van der Waals surface area contributed by atoms with Gasteiger partial charge in [-0.25, -0.2) is 4.39 Å². The highest BCUT2D eigenvalue weighted by Gasteiger charge is 2.15. The highest BCUT2D eigenvalue weighted by atomic mass is 35.5. The van der Waals surface area contributed by atoms with Gasteiger partial charge < -0.3 is 10.1 Å². The summed E-state index contributed by atoms with van der Waals surface area (Å²) in [6.07, 6.45) is -0.681. The molecule has 2 rings (SSSR count). The summed E-state index contributed by atoms with van der Waals surface area (Å²) in [5.41, 5.74) is 1.81. The van der Waals surface area contributed by atoms with Crippen LogP contribution in [0.1, 0.15) is 18.1 Å². The van der Waals surface area contributed by atoms with E-state index in [0.717, 1.165) is 11.1 Å². The van der Waals surface area contributed by atoms with Crippen LogP contribution in [0.3, 0.4) is 0 Å². The van der Waals surface area contributed by atoms with Crippen LogP contribution < -0.4 is 10.1 Å². The Hall–Kier alpha value is -2.07. The number of ether oxygens (including phenoxy) is 1. The van der Waals surface area contributed by atoms with Gasteiger partial charge in [0.15, 0.2) is 6.10 Å². The number of amides is 1. The fourth-order valence-electron chi connectivity index (χ4n) is 1.88. The first kappa shape index (κ1) is 16.3. The first-order chi connectivity index (χ1) is 10.5. The van der Waals surface area contributed by atoms with Gasteiger partial charge in [0, 0.05) is 6.54 Å². The van der Waals surface area contributed by atoms with Gasteiger partial charge >= 0.3 is 0 Å². The molecule has 0 aliphatic carbocycles. The van der Waals surface area contributed by atoms with E-state index in [-0.39, 0.29) is 11.7 Å². The Kier molecular flexibility index (Phi) is 5.39. The van der Waals surface area contributed by atoms with E-state index in [1.54, 1.807) is 31.2 Å². The molecule has 0 aromatic heterocycles. The second kappa shape index (κ2) is 7.27. The number of rotatable bonds is 5. The number of hydrogen-bond acceptors (Lipinski definition) is 2. The van der Waals surface area contributed by atoms with Crippen molar-refractivity contribution < 1.29 is 13.9 Å². The zero-order valence-corrected chi connectivity index (χ0v) is 13.2. The molecule has 5 heteroatoms. The molecule has 0 spiro atoms. The molecule has 0 fully saturated rings. The van der Waals surface area contributed by atoms with E-state index in [1.807, 2.05) is 13.0 Å². The molecule has 3 nitrogen and oxygen atoms in total. The Morgan fingerprint density at radius 3 is 2.64 bits per heavy atom. The number of benzene rings is 2. The topological polar surface area (TPSA) is 38.3 Å². The average molecular weight is 322 g/mol. The number of carbonyl (C=O) groups excluding carboxylic acids is 1. The third kappa shape index (κ3) is 4.46. The van der Waals surface area contributed by atoms with Gasteiger partial charge in [-0.1, -0.05) is 29.8 Å². The molecule has 0 aliphatic rings. The molecule has 2 aromatic carbocycles. The van der Waals surface area contributed by atoms with E-state index in [4.69, 9.17) is 16.3 Å². The van der Waals surface area contributed by atoms with Crippen LogP contribution in [0.2, 0.25) is 5.02 Å². The zero-order valence-electron chi connectivity index (χ0n) is 12.4. The minimum atomic E-state index is -0.681. The lowest BCUT2D eigenvalue weighted by molar-refractivity contribution is -0.127. The Balaban J connectivity index is 1.91. The van der Waals surface area contributed by atoms with E-state index in [0.29, 0.717) is 17.3 Å². The molecule has 0 saturated carbocycles. The normalized spacial score (nSPS) is 11.8. The standard InChI is InChI=1S/C17H17ClFNO2/c1-11-3-8-15(18)16(9-11)22-12(2)17(21)20-10-13-4-6-14(19)7-5-13/h3-9,12H,10H2,1-2H3,(H,20,21). The molecule has 116 valence electrons. The van der Waals surface area contributed by atoms with Crippen LogP contribution in [0.5, 0.6) is 5.75 Å². The summed E-state index contributed by atoms with van der Waals surface area (Å²) in [6, 6.07) is 11.3. The smallest absolute Gasteiger partial charge is 0.261 e. The average Bonchev–Trinajstić information content (AvgIpc) is 2.50. The molecule has 22 heavy (non-hydrogen) atoms. The maximum atomic E-state index is 12.8. The zero-order chi connectivity index (χ0) is 16.1. The fraction of sp³-hybridized carbons (Fsp3) is 0.235. The maximum Gasteiger partial charge on any atom is 0.261 e. The summed E-state index contributed by atoms with van der Waals surface area (Å²) >= 11 is 6.04. The Bertz CT molecular complexity index is 658. The van der Waals surface area contributed by atoms with Gasteiger partial charge in [-0.05, 0) is 49.2 Å². The van der Waals surface area contributed by atoms with E-state index in [9.17, 15) is 9.18 Å². The summed E-state index contributed by atoms with van der Waals surface area (Å²) in [6.45, 7) is 3.88.